The highest BCUT2D eigenvalue weighted by Crippen LogP contribution is 2.46. The predicted octanol–water partition coefficient (Wildman–Crippen LogP) is 8.12. The van der Waals surface area contributed by atoms with Crippen molar-refractivity contribution in [1.29, 1.82) is 0 Å². The normalized spacial score (nSPS) is 18.9. The summed E-state index contributed by atoms with van der Waals surface area (Å²) < 4.78 is 18.8. The Kier molecular flexibility index (Phi) is 11.8. The summed E-state index contributed by atoms with van der Waals surface area (Å²) in [7, 11) is 2.58. The number of amides is 4. The fourth-order valence-corrected chi connectivity index (χ4v) is 9.56. The first-order chi connectivity index (χ1) is 31.4. The number of carbonyl (C=O) groups excluding carboxylic acids is 4. The molecule has 4 N–H and O–H groups in total. The number of fused-ring (bicyclic) bond motifs is 5. The lowest BCUT2D eigenvalue weighted by Crippen LogP contribution is -2.51. The Morgan fingerprint density at radius 1 is 0.708 bits per heavy atom. The van der Waals surface area contributed by atoms with Crippen molar-refractivity contribution in [3.05, 3.63) is 102 Å². The molecule has 0 saturated carbocycles. The molecule has 4 amide bonds. The topological polar surface area (TPSA) is 189 Å². The number of rotatable bonds is 11. The maximum Gasteiger partial charge on any atom is 0.407 e. The van der Waals surface area contributed by atoms with Gasteiger partial charge in [0.25, 0.3) is 0 Å². The summed E-state index contributed by atoms with van der Waals surface area (Å²) in [6.07, 6.45) is 5.05. The van der Waals surface area contributed by atoms with E-state index in [4.69, 9.17) is 24.2 Å². The summed E-state index contributed by atoms with van der Waals surface area (Å²) in [5, 5.41) is 6.46. The minimum absolute atomic E-state index is 0.128. The second-order valence-corrected chi connectivity index (χ2v) is 17.7. The van der Waals surface area contributed by atoms with Crippen LogP contribution < -0.4 is 15.4 Å². The highest BCUT2D eigenvalue weighted by Gasteiger charge is 2.39. The van der Waals surface area contributed by atoms with E-state index < -0.39 is 30.5 Å². The van der Waals surface area contributed by atoms with Gasteiger partial charge in [-0.2, -0.15) is 0 Å². The Hall–Kier alpha value is -7.10. The number of hydrogen-bond donors (Lipinski definition) is 4. The number of aromatic nitrogens is 5. The Morgan fingerprint density at radius 2 is 1.25 bits per heavy atom. The molecule has 2 saturated heterocycles. The zero-order chi connectivity index (χ0) is 45.5. The fourth-order valence-electron chi connectivity index (χ4n) is 9.56. The third kappa shape index (κ3) is 8.17. The molecule has 9 rings (SSSR count). The van der Waals surface area contributed by atoms with Gasteiger partial charge in [-0.05, 0) is 67.9 Å². The number of nitrogens with one attached hydrogen (secondary N) is 4. The summed E-state index contributed by atoms with van der Waals surface area (Å²) in [5.41, 5.74) is 7.43. The average molecular weight is 882 g/mol. The highest BCUT2D eigenvalue weighted by atomic mass is 16.5. The molecule has 5 atom stereocenters. The Labute approximate surface area is 377 Å². The Morgan fingerprint density at radius 3 is 1.78 bits per heavy atom. The zero-order valence-corrected chi connectivity index (χ0v) is 37.5. The minimum atomic E-state index is -0.720. The van der Waals surface area contributed by atoms with Gasteiger partial charge in [0.2, 0.25) is 18.0 Å². The monoisotopic (exact) mass is 881 g/mol. The first kappa shape index (κ1) is 43.2. The standard InChI is InChI=1S/C49H55N9O7/c1-27(2)41(54-48(61)63-5)45(59)56-20-10-14-37(56)43-50-25-34(52-43)30-17-19-36-32(22-30)23-39-33-18-16-31(24-40(33)65-47(58(36)39)29-12-8-7-9-13-29)35-26-51-44(53-35)38-15-11-21-57(38)46(60)42(28(3)4)55-49(62)64-6/h7-9,12-13,16-19,22-28,37-38,41-42,47H,10-11,14-15,20-21H2,1-6H3,(H,50,52)(H,51,53)(H,54,61)(H,55,62)/t37-,38-,41?,42-,47-/m0/s1. The van der Waals surface area contributed by atoms with Gasteiger partial charge < -0.3 is 49.2 Å². The van der Waals surface area contributed by atoms with E-state index in [-0.39, 0.29) is 35.7 Å². The van der Waals surface area contributed by atoms with E-state index in [0.29, 0.717) is 24.7 Å². The van der Waals surface area contributed by atoms with Gasteiger partial charge in [0, 0.05) is 40.7 Å². The molecule has 3 aromatic carbocycles. The molecule has 0 radical (unpaired) electrons. The molecule has 3 aliphatic heterocycles. The van der Waals surface area contributed by atoms with Gasteiger partial charge in [-0.3, -0.25) is 9.59 Å². The molecule has 3 aliphatic rings. The zero-order valence-electron chi connectivity index (χ0n) is 37.5. The summed E-state index contributed by atoms with van der Waals surface area (Å²) in [4.78, 5) is 72.0. The number of imidazole rings is 2. The molecular weight excluding hydrogens is 827 g/mol. The van der Waals surface area contributed by atoms with Gasteiger partial charge in [0.1, 0.15) is 29.5 Å². The van der Waals surface area contributed by atoms with E-state index in [1.807, 2.05) is 68.0 Å². The molecule has 6 aromatic rings. The Balaban J connectivity index is 1.00. The first-order valence-corrected chi connectivity index (χ1v) is 22.4. The molecule has 16 nitrogen and oxygen atoms in total. The maximum atomic E-state index is 13.8. The molecule has 0 spiro atoms. The number of likely N-dealkylation sites (tertiary alicyclic amines) is 2. The molecule has 6 heterocycles. The highest BCUT2D eigenvalue weighted by molar-refractivity contribution is 5.93. The van der Waals surface area contributed by atoms with Crippen molar-refractivity contribution in [3.63, 3.8) is 0 Å². The number of H-pyrrole nitrogens is 2. The summed E-state index contributed by atoms with van der Waals surface area (Å²) >= 11 is 0. The third-order valence-corrected chi connectivity index (χ3v) is 13.0. The van der Waals surface area contributed by atoms with Crippen LogP contribution in [0.3, 0.4) is 0 Å². The number of hydrogen-bond acceptors (Lipinski definition) is 9. The lowest BCUT2D eigenvalue weighted by molar-refractivity contribution is -0.136. The molecule has 65 heavy (non-hydrogen) atoms. The van der Waals surface area contributed by atoms with Gasteiger partial charge in [-0.15, -0.1) is 0 Å². The number of alkyl carbamates (subject to hydrolysis) is 2. The number of aromatic amines is 2. The maximum absolute atomic E-state index is 13.8. The molecule has 1 unspecified atom stereocenters. The van der Waals surface area contributed by atoms with Crippen molar-refractivity contribution < 1.29 is 33.4 Å². The van der Waals surface area contributed by atoms with Gasteiger partial charge >= 0.3 is 12.2 Å². The van der Waals surface area contributed by atoms with Crippen molar-refractivity contribution >= 4 is 34.9 Å². The van der Waals surface area contributed by atoms with Crippen LogP contribution >= 0.6 is 0 Å². The fraction of sp³-hybridized carbons (Fsp3) is 0.388. The second-order valence-electron chi connectivity index (χ2n) is 17.7. The molecule has 0 bridgehead atoms. The molecule has 2 fully saturated rings. The van der Waals surface area contributed by atoms with E-state index in [0.717, 1.165) is 81.7 Å². The molecule has 3 aromatic heterocycles. The van der Waals surface area contributed by atoms with E-state index in [1.54, 1.807) is 6.20 Å². The Bertz CT molecular complexity index is 2740. The van der Waals surface area contributed by atoms with Crippen LogP contribution in [-0.2, 0) is 19.1 Å². The van der Waals surface area contributed by atoms with Crippen LogP contribution in [0, 0.1) is 11.8 Å². The summed E-state index contributed by atoms with van der Waals surface area (Å²) in [5.74, 6) is 1.55. The van der Waals surface area contributed by atoms with Crippen LogP contribution in [-0.4, -0.2) is 97.7 Å². The molecule has 338 valence electrons. The quantitative estimate of drug-likeness (QED) is 0.0997. The smallest absolute Gasteiger partial charge is 0.407 e. The molecular formula is C49H55N9O7. The molecule has 16 heteroatoms. The van der Waals surface area contributed by atoms with E-state index >= 15 is 0 Å². The van der Waals surface area contributed by atoms with Gasteiger partial charge in [0.15, 0.2) is 0 Å². The van der Waals surface area contributed by atoms with Crippen LogP contribution in [0.15, 0.2) is 85.2 Å². The second kappa shape index (κ2) is 17.8. The van der Waals surface area contributed by atoms with Gasteiger partial charge in [-0.25, -0.2) is 19.6 Å². The van der Waals surface area contributed by atoms with Crippen LogP contribution in [0.2, 0.25) is 0 Å². The van der Waals surface area contributed by atoms with Crippen molar-refractivity contribution in [2.45, 2.75) is 83.8 Å². The first-order valence-electron chi connectivity index (χ1n) is 22.4. The SMILES string of the molecule is COC(=O)NC(C(=O)N1CCC[C@H]1c1ncc(-c2ccc3c(c2)cc2n3[C@H](c3ccccc3)Oc3cc(-c4cnc([C@@H]5CCCN5C(=O)[C@@H](NC(=O)OC)C(C)C)[nH]4)ccc3-2)[nH]1)C(C)C. The van der Waals surface area contributed by atoms with Crippen molar-refractivity contribution in [2.75, 3.05) is 27.3 Å². The van der Waals surface area contributed by atoms with E-state index in [1.165, 1.54) is 14.2 Å². The number of nitrogens with zero attached hydrogens (tertiary/aromatic N) is 5. The summed E-state index contributed by atoms with van der Waals surface area (Å²) in [6, 6.07) is 22.9. The lowest BCUT2D eigenvalue weighted by Gasteiger charge is -2.30. The number of methoxy groups -OCH3 is 2. The predicted molar refractivity (Wildman–Crippen MR) is 243 cm³/mol. The van der Waals surface area contributed by atoms with E-state index in [9.17, 15) is 19.2 Å². The third-order valence-electron chi connectivity index (χ3n) is 13.0. The van der Waals surface area contributed by atoms with Crippen molar-refractivity contribution in [2.24, 2.45) is 11.8 Å². The van der Waals surface area contributed by atoms with E-state index in [2.05, 4.69) is 73.7 Å². The largest absolute Gasteiger partial charge is 0.465 e. The van der Waals surface area contributed by atoms with Crippen LogP contribution in [0.1, 0.15) is 88.9 Å². The number of benzene rings is 3. The van der Waals surface area contributed by atoms with Crippen molar-refractivity contribution in [1.82, 2.24) is 44.9 Å². The average Bonchev–Trinajstić information content (AvgIpc) is 4.18. The van der Waals surface area contributed by atoms with Gasteiger partial charge in [-0.1, -0.05) is 70.2 Å². The van der Waals surface area contributed by atoms with Gasteiger partial charge in [0.05, 0.1) is 61.3 Å². The number of ether oxygens (including phenoxy) is 3. The minimum Gasteiger partial charge on any atom is -0.465 e. The summed E-state index contributed by atoms with van der Waals surface area (Å²) in [6.45, 7) is 8.75. The number of carbonyl (C=O) groups is 4. The van der Waals surface area contributed by atoms with Crippen molar-refractivity contribution in [3.8, 4) is 39.5 Å². The molecule has 0 aliphatic carbocycles. The van der Waals surface area contributed by atoms with Crippen LogP contribution in [0.25, 0.3) is 44.7 Å². The van der Waals surface area contributed by atoms with Crippen LogP contribution in [0.4, 0.5) is 9.59 Å². The van der Waals surface area contributed by atoms with Crippen LogP contribution in [0.5, 0.6) is 5.75 Å². The lowest BCUT2D eigenvalue weighted by atomic mass is 10.0.